The zero-order valence-electron chi connectivity index (χ0n) is 17.1. The van der Waals surface area contributed by atoms with Gasteiger partial charge in [0.1, 0.15) is 0 Å². The Morgan fingerprint density at radius 1 is 1.13 bits per heavy atom. The third kappa shape index (κ3) is 4.92. The molecule has 9 heteroatoms. The van der Waals surface area contributed by atoms with Gasteiger partial charge in [-0.05, 0) is 62.1 Å². The van der Waals surface area contributed by atoms with E-state index in [1.165, 1.54) is 11.3 Å². The Bertz CT molecular complexity index is 1220. The SMILES string of the molecule is CC(C)(C(=O)Nc1ccc(-c2cccc(Cl)c2)cc1)c1csc(NS(=O)(=O)C2CC2)n1. The van der Waals surface area contributed by atoms with E-state index in [9.17, 15) is 13.2 Å². The maximum atomic E-state index is 12.9. The Morgan fingerprint density at radius 2 is 1.84 bits per heavy atom. The summed E-state index contributed by atoms with van der Waals surface area (Å²) in [7, 11) is -3.38. The van der Waals surface area contributed by atoms with E-state index in [0.29, 0.717) is 29.2 Å². The van der Waals surface area contributed by atoms with E-state index in [1.54, 1.807) is 19.2 Å². The fourth-order valence-corrected chi connectivity index (χ4v) is 5.67. The number of carbonyl (C=O) groups is 1. The predicted octanol–water partition coefficient (Wildman–Crippen LogP) is 5.28. The molecule has 0 spiro atoms. The Balaban J connectivity index is 1.45. The fraction of sp³-hybridized carbons (Fsp3) is 0.273. The predicted molar refractivity (Wildman–Crippen MR) is 126 cm³/mol. The summed E-state index contributed by atoms with van der Waals surface area (Å²) in [5, 5.41) is 5.26. The smallest absolute Gasteiger partial charge is 0.237 e. The summed E-state index contributed by atoms with van der Waals surface area (Å²) in [4.78, 5) is 17.3. The first-order valence-corrected chi connectivity index (χ1v) is 12.6. The van der Waals surface area contributed by atoms with Crippen molar-refractivity contribution in [3.63, 3.8) is 0 Å². The largest absolute Gasteiger partial charge is 0.325 e. The van der Waals surface area contributed by atoms with Crippen molar-refractivity contribution < 1.29 is 13.2 Å². The molecule has 0 aliphatic heterocycles. The number of hydrogen-bond acceptors (Lipinski definition) is 5. The molecule has 3 aromatic rings. The molecule has 1 amide bonds. The first kappa shape index (κ1) is 21.8. The second-order valence-electron chi connectivity index (χ2n) is 8.05. The number of benzene rings is 2. The number of rotatable bonds is 7. The van der Waals surface area contributed by atoms with E-state index >= 15 is 0 Å². The molecule has 0 saturated heterocycles. The van der Waals surface area contributed by atoms with E-state index < -0.39 is 15.4 Å². The molecule has 1 saturated carbocycles. The van der Waals surface area contributed by atoms with Gasteiger partial charge in [0.25, 0.3) is 0 Å². The summed E-state index contributed by atoms with van der Waals surface area (Å²) in [5.74, 6) is -0.232. The van der Waals surface area contributed by atoms with Crippen LogP contribution in [-0.4, -0.2) is 24.6 Å². The van der Waals surface area contributed by atoms with Crippen molar-refractivity contribution >= 4 is 49.7 Å². The number of nitrogens with zero attached hydrogens (tertiary/aromatic N) is 1. The lowest BCUT2D eigenvalue weighted by Crippen LogP contribution is -2.35. The number of carbonyl (C=O) groups excluding carboxylic acids is 1. The van der Waals surface area contributed by atoms with Crippen LogP contribution in [0, 0.1) is 0 Å². The molecule has 1 aliphatic rings. The minimum Gasteiger partial charge on any atom is -0.325 e. The number of sulfonamides is 1. The fourth-order valence-electron chi connectivity index (χ4n) is 3.01. The van der Waals surface area contributed by atoms with Gasteiger partial charge in [0, 0.05) is 16.1 Å². The van der Waals surface area contributed by atoms with Crippen molar-refractivity contribution in [3.05, 3.63) is 64.6 Å². The molecule has 2 aromatic carbocycles. The number of amides is 1. The van der Waals surface area contributed by atoms with Gasteiger partial charge in [0.15, 0.2) is 5.13 Å². The lowest BCUT2D eigenvalue weighted by atomic mass is 9.89. The topological polar surface area (TPSA) is 88.2 Å². The third-order valence-corrected chi connectivity index (χ3v) is 8.15. The highest BCUT2D eigenvalue weighted by Gasteiger charge is 2.37. The van der Waals surface area contributed by atoms with Gasteiger partial charge in [-0.25, -0.2) is 13.4 Å². The van der Waals surface area contributed by atoms with Crippen molar-refractivity contribution in [2.45, 2.75) is 37.4 Å². The van der Waals surface area contributed by atoms with Crippen LogP contribution >= 0.6 is 22.9 Å². The van der Waals surface area contributed by atoms with Crippen molar-refractivity contribution in [1.29, 1.82) is 0 Å². The number of anilines is 2. The second-order valence-corrected chi connectivity index (χ2v) is 11.3. The molecule has 6 nitrogen and oxygen atoms in total. The van der Waals surface area contributed by atoms with Gasteiger partial charge >= 0.3 is 0 Å². The van der Waals surface area contributed by atoms with Crippen LogP contribution < -0.4 is 10.0 Å². The molecule has 4 rings (SSSR count). The molecular formula is C22H22ClN3O3S2. The van der Waals surface area contributed by atoms with E-state index in [1.807, 2.05) is 48.5 Å². The molecule has 31 heavy (non-hydrogen) atoms. The summed E-state index contributed by atoms with van der Waals surface area (Å²) < 4.78 is 26.8. The quantitative estimate of drug-likeness (QED) is 0.486. The molecule has 2 N–H and O–H groups in total. The average Bonchev–Trinajstić information content (AvgIpc) is 3.49. The minimum atomic E-state index is -3.38. The maximum absolute atomic E-state index is 12.9. The van der Waals surface area contributed by atoms with Crippen LogP contribution in [0.2, 0.25) is 5.02 Å². The number of nitrogens with one attached hydrogen (secondary N) is 2. The summed E-state index contributed by atoms with van der Waals surface area (Å²) in [6.07, 6.45) is 1.36. The van der Waals surface area contributed by atoms with Crippen LogP contribution in [0.15, 0.2) is 53.9 Å². The number of halogens is 1. The minimum absolute atomic E-state index is 0.232. The van der Waals surface area contributed by atoms with Crippen LogP contribution in [-0.2, 0) is 20.2 Å². The Hall–Kier alpha value is -2.42. The van der Waals surface area contributed by atoms with E-state index in [-0.39, 0.29) is 16.3 Å². The van der Waals surface area contributed by atoms with Crippen molar-refractivity contribution in [2.24, 2.45) is 0 Å². The van der Waals surface area contributed by atoms with Gasteiger partial charge in [-0.1, -0.05) is 35.9 Å². The van der Waals surface area contributed by atoms with Crippen molar-refractivity contribution in [1.82, 2.24) is 4.98 Å². The summed E-state index contributed by atoms with van der Waals surface area (Å²) >= 11 is 7.24. The van der Waals surface area contributed by atoms with Gasteiger partial charge in [-0.3, -0.25) is 9.52 Å². The third-order valence-electron chi connectivity index (χ3n) is 5.21. The summed E-state index contributed by atoms with van der Waals surface area (Å²) in [5.41, 5.74) is 2.22. The van der Waals surface area contributed by atoms with Crippen molar-refractivity contribution in [3.8, 4) is 11.1 Å². The Kier molecular flexibility index (Phi) is 5.81. The molecule has 1 heterocycles. The average molecular weight is 476 g/mol. The van der Waals surface area contributed by atoms with E-state index in [4.69, 9.17) is 11.6 Å². The van der Waals surface area contributed by atoms with Gasteiger partial charge in [0.05, 0.1) is 16.4 Å². The molecular weight excluding hydrogens is 454 g/mol. The van der Waals surface area contributed by atoms with Crippen LogP contribution in [0.5, 0.6) is 0 Å². The number of aromatic nitrogens is 1. The second kappa shape index (κ2) is 8.26. The molecule has 0 bridgehead atoms. The van der Waals surface area contributed by atoms with Crippen LogP contribution in [0.4, 0.5) is 10.8 Å². The zero-order chi connectivity index (χ0) is 22.2. The Morgan fingerprint density at radius 3 is 2.48 bits per heavy atom. The normalized spacial score (nSPS) is 14.3. The highest BCUT2D eigenvalue weighted by molar-refractivity contribution is 7.93. The van der Waals surface area contributed by atoms with E-state index in [2.05, 4.69) is 15.0 Å². The molecule has 162 valence electrons. The van der Waals surface area contributed by atoms with Crippen LogP contribution in [0.25, 0.3) is 11.1 Å². The molecule has 0 radical (unpaired) electrons. The molecule has 0 unspecified atom stereocenters. The lowest BCUT2D eigenvalue weighted by Gasteiger charge is -2.21. The van der Waals surface area contributed by atoms with Crippen LogP contribution in [0.3, 0.4) is 0 Å². The van der Waals surface area contributed by atoms with Gasteiger partial charge < -0.3 is 5.32 Å². The highest BCUT2D eigenvalue weighted by Crippen LogP contribution is 2.33. The van der Waals surface area contributed by atoms with Gasteiger partial charge in [0.2, 0.25) is 15.9 Å². The summed E-state index contributed by atoms with van der Waals surface area (Å²) in [6, 6.07) is 15.1. The standard InChI is InChI=1S/C22H22ClN3O3S2/c1-22(2,19-13-30-21(25-19)26-31(28,29)18-10-11-18)20(27)24-17-8-6-14(7-9-17)15-4-3-5-16(23)12-15/h3-9,12-13,18H,10-11H2,1-2H3,(H,24,27)(H,25,26). The first-order valence-electron chi connectivity index (χ1n) is 9.80. The lowest BCUT2D eigenvalue weighted by molar-refractivity contribution is -0.120. The maximum Gasteiger partial charge on any atom is 0.237 e. The van der Waals surface area contributed by atoms with Crippen molar-refractivity contribution in [2.75, 3.05) is 10.0 Å². The monoisotopic (exact) mass is 475 g/mol. The number of hydrogen-bond donors (Lipinski definition) is 2. The zero-order valence-corrected chi connectivity index (χ0v) is 19.4. The highest BCUT2D eigenvalue weighted by atomic mass is 35.5. The van der Waals surface area contributed by atoms with Gasteiger partial charge in [-0.2, -0.15) is 0 Å². The van der Waals surface area contributed by atoms with E-state index in [0.717, 1.165) is 11.1 Å². The van der Waals surface area contributed by atoms with Crippen LogP contribution in [0.1, 0.15) is 32.4 Å². The summed E-state index contributed by atoms with van der Waals surface area (Å²) in [6.45, 7) is 3.52. The molecule has 1 aliphatic carbocycles. The molecule has 1 aromatic heterocycles. The first-order chi connectivity index (χ1) is 14.6. The molecule has 1 fully saturated rings. The Labute approximate surface area is 190 Å². The van der Waals surface area contributed by atoms with Gasteiger partial charge in [-0.15, -0.1) is 11.3 Å². The number of thiazole rings is 1. The molecule has 0 atom stereocenters.